The Morgan fingerprint density at radius 1 is 1.29 bits per heavy atom. The van der Waals surface area contributed by atoms with Gasteiger partial charge in [0.05, 0.1) is 0 Å². The smallest absolute Gasteiger partial charge is 0.331 e. The van der Waals surface area contributed by atoms with E-state index in [-0.39, 0.29) is 0 Å². The molecule has 0 atom stereocenters. The third-order valence-corrected chi connectivity index (χ3v) is 2.24. The Balaban J connectivity index is 3.20. The molecule has 2 heteroatoms. The second-order valence-electron chi connectivity index (χ2n) is 3.44. The lowest BCUT2D eigenvalue weighted by Crippen LogP contribution is -1.96. The van der Waals surface area contributed by atoms with Crippen molar-refractivity contribution in [2.24, 2.45) is 0 Å². The quantitative estimate of drug-likeness (QED) is 0.728. The maximum Gasteiger partial charge on any atom is 0.331 e. The van der Waals surface area contributed by atoms with E-state index < -0.39 is 5.97 Å². The third kappa shape index (κ3) is 2.22. The van der Waals surface area contributed by atoms with Gasteiger partial charge in [-0.25, -0.2) is 4.79 Å². The second kappa shape index (κ2) is 4.09. The van der Waals surface area contributed by atoms with E-state index in [0.29, 0.717) is 5.57 Å². The number of carboxylic acids is 1. The first-order chi connectivity index (χ1) is 6.52. The first-order valence-electron chi connectivity index (χ1n) is 4.50. The van der Waals surface area contributed by atoms with E-state index in [0.717, 1.165) is 16.7 Å². The minimum atomic E-state index is -0.868. The highest BCUT2D eigenvalue weighted by atomic mass is 16.4. The maximum atomic E-state index is 10.7. The molecule has 1 N–H and O–H groups in total. The standard InChI is InChI=1S/C12H14O2/c1-8-5-4-6-9(2)11(8)7-10(3)12(13)14/h4-7H,1-3H3,(H,13,14)/b10-7-. The number of hydrogen-bond donors (Lipinski definition) is 1. The van der Waals surface area contributed by atoms with Crippen molar-refractivity contribution in [3.63, 3.8) is 0 Å². The van der Waals surface area contributed by atoms with Gasteiger partial charge in [-0.2, -0.15) is 0 Å². The van der Waals surface area contributed by atoms with E-state index in [9.17, 15) is 4.79 Å². The first kappa shape index (κ1) is 10.5. The Morgan fingerprint density at radius 3 is 2.21 bits per heavy atom. The molecule has 0 saturated heterocycles. The van der Waals surface area contributed by atoms with Crippen LogP contribution in [0.4, 0.5) is 0 Å². The summed E-state index contributed by atoms with van der Waals surface area (Å²) in [6.45, 7) is 5.57. The lowest BCUT2D eigenvalue weighted by atomic mass is 10.0. The average Bonchev–Trinajstić information content (AvgIpc) is 2.11. The topological polar surface area (TPSA) is 37.3 Å². The molecule has 1 aromatic rings. The number of benzene rings is 1. The van der Waals surface area contributed by atoms with Gasteiger partial charge in [0.1, 0.15) is 0 Å². The van der Waals surface area contributed by atoms with Gasteiger partial charge < -0.3 is 5.11 Å². The molecule has 2 nitrogen and oxygen atoms in total. The molecule has 0 saturated carbocycles. The third-order valence-electron chi connectivity index (χ3n) is 2.24. The molecule has 0 heterocycles. The molecule has 0 radical (unpaired) electrons. The van der Waals surface area contributed by atoms with Gasteiger partial charge in [-0.05, 0) is 43.5 Å². The van der Waals surface area contributed by atoms with E-state index in [1.165, 1.54) is 0 Å². The molecule has 0 aliphatic carbocycles. The summed E-state index contributed by atoms with van der Waals surface area (Å²) >= 11 is 0. The summed E-state index contributed by atoms with van der Waals surface area (Å²) in [5.41, 5.74) is 3.58. The van der Waals surface area contributed by atoms with Gasteiger partial charge in [-0.1, -0.05) is 18.2 Å². The maximum absolute atomic E-state index is 10.7. The van der Waals surface area contributed by atoms with Crippen LogP contribution in [-0.4, -0.2) is 11.1 Å². The lowest BCUT2D eigenvalue weighted by Gasteiger charge is -2.05. The van der Waals surface area contributed by atoms with Crippen LogP contribution in [0.15, 0.2) is 23.8 Å². The first-order valence-corrected chi connectivity index (χ1v) is 4.50. The van der Waals surface area contributed by atoms with Gasteiger partial charge in [0.25, 0.3) is 0 Å². The molecular formula is C12H14O2. The van der Waals surface area contributed by atoms with Crippen molar-refractivity contribution in [3.05, 3.63) is 40.5 Å². The van der Waals surface area contributed by atoms with Crippen molar-refractivity contribution >= 4 is 12.0 Å². The second-order valence-corrected chi connectivity index (χ2v) is 3.44. The molecule has 1 rings (SSSR count). The van der Waals surface area contributed by atoms with Crippen molar-refractivity contribution in [1.29, 1.82) is 0 Å². The van der Waals surface area contributed by atoms with Gasteiger partial charge in [-0.15, -0.1) is 0 Å². The molecule has 14 heavy (non-hydrogen) atoms. The normalized spacial score (nSPS) is 11.5. The summed E-state index contributed by atoms with van der Waals surface area (Å²) < 4.78 is 0. The fraction of sp³-hybridized carbons (Fsp3) is 0.250. The fourth-order valence-corrected chi connectivity index (χ4v) is 1.33. The molecule has 0 aliphatic rings. The van der Waals surface area contributed by atoms with E-state index in [1.54, 1.807) is 13.0 Å². The Bertz CT molecular complexity index is 369. The Morgan fingerprint density at radius 2 is 1.79 bits per heavy atom. The molecule has 0 aliphatic heterocycles. The van der Waals surface area contributed by atoms with Crippen LogP contribution in [0.3, 0.4) is 0 Å². The van der Waals surface area contributed by atoms with Crippen LogP contribution < -0.4 is 0 Å². The van der Waals surface area contributed by atoms with E-state index in [2.05, 4.69) is 0 Å². The number of aliphatic carboxylic acids is 1. The molecule has 0 aromatic heterocycles. The summed E-state index contributed by atoms with van der Waals surface area (Å²) in [5.74, 6) is -0.868. The highest BCUT2D eigenvalue weighted by molar-refractivity contribution is 5.91. The van der Waals surface area contributed by atoms with Gasteiger partial charge in [0.2, 0.25) is 0 Å². The zero-order valence-corrected chi connectivity index (χ0v) is 8.66. The molecule has 0 fully saturated rings. The van der Waals surface area contributed by atoms with Crippen LogP contribution in [0.1, 0.15) is 23.6 Å². The zero-order chi connectivity index (χ0) is 10.7. The Kier molecular flexibility index (Phi) is 3.07. The van der Waals surface area contributed by atoms with Crippen LogP contribution in [0.25, 0.3) is 6.08 Å². The van der Waals surface area contributed by atoms with Crippen molar-refractivity contribution in [3.8, 4) is 0 Å². The lowest BCUT2D eigenvalue weighted by molar-refractivity contribution is -0.132. The number of rotatable bonds is 2. The van der Waals surface area contributed by atoms with Crippen molar-refractivity contribution in [2.75, 3.05) is 0 Å². The molecule has 0 amide bonds. The minimum Gasteiger partial charge on any atom is -0.478 e. The van der Waals surface area contributed by atoms with E-state index in [4.69, 9.17) is 5.11 Å². The fourth-order valence-electron chi connectivity index (χ4n) is 1.33. The van der Waals surface area contributed by atoms with Crippen LogP contribution >= 0.6 is 0 Å². The molecule has 0 unspecified atom stereocenters. The van der Waals surface area contributed by atoms with Crippen molar-refractivity contribution < 1.29 is 9.90 Å². The molecule has 0 spiro atoms. The van der Waals surface area contributed by atoms with Crippen LogP contribution in [-0.2, 0) is 4.79 Å². The predicted molar refractivity (Wildman–Crippen MR) is 57.2 cm³/mol. The van der Waals surface area contributed by atoms with Crippen LogP contribution in [0.2, 0.25) is 0 Å². The highest BCUT2D eigenvalue weighted by Crippen LogP contribution is 2.16. The number of hydrogen-bond acceptors (Lipinski definition) is 1. The number of carbonyl (C=O) groups is 1. The van der Waals surface area contributed by atoms with Gasteiger partial charge in [0, 0.05) is 5.57 Å². The van der Waals surface area contributed by atoms with Crippen molar-refractivity contribution in [2.45, 2.75) is 20.8 Å². The van der Waals surface area contributed by atoms with Crippen LogP contribution in [0, 0.1) is 13.8 Å². The van der Waals surface area contributed by atoms with Gasteiger partial charge >= 0.3 is 5.97 Å². The summed E-state index contributed by atoms with van der Waals surface area (Å²) in [4.78, 5) is 10.7. The Labute approximate surface area is 83.9 Å². The minimum absolute atomic E-state index is 0.363. The highest BCUT2D eigenvalue weighted by Gasteiger charge is 2.03. The monoisotopic (exact) mass is 190 g/mol. The van der Waals surface area contributed by atoms with Gasteiger partial charge in [-0.3, -0.25) is 0 Å². The van der Waals surface area contributed by atoms with Crippen molar-refractivity contribution in [1.82, 2.24) is 0 Å². The summed E-state index contributed by atoms with van der Waals surface area (Å²) in [6.07, 6.45) is 1.72. The SMILES string of the molecule is C/C(=C/c1c(C)cccc1C)C(=O)O. The van der Waals surface area contributed by atoms with E-state index >= 15 is 0 Å². The molecule has 1 aromatic carbocycles. The number of carboxylic acid groups (broad SMARTS) is 1. The predicted octanol–water partition coefficient (Wildman–Crippen LogP) is 2.79. The average molecular weight is 190 g/mol. The number of aryl methyl sites for hydroxylation is 2. The Hall–Kier alpha value is -1.57. The summed E-state index contributed by atoms with van der Waals surface area (Å²) in [5, 5.41) is 8.76. The summed E-state index contributed by atoms with van der Waals surface area (Å²) in [6, 6.07) is 5.93. The van der Waals surface area contributed by atoms with Gasteiger partial charge in [0.15, 0.2) is 0 Å². The summed E-state index contributed by atoms with van der Waals surface area (Å²) in [7, 11) is 0. The largest absolute Gasteiger partial charge is 0.478 e. The molecule has 74 valence electrons. The van der Waals surface area contributed by atoms with E-state index in [1.807, 2.05) is 32.0 Å². The zero-order valence-electron chi connectivity index (χ0n) is 8.66. The molecular weight excluding hydrogens is 176 g/mol. The van der Waals surface area contributed by atoms with Crippen LogP contribution in [0.5, 0.6) is 0 Å². The molecule has 0 bridgehead atoms.